The molecule has 2 rings (SSSR count). The van der Waals surface area contributed by atoms with Gasteiger partial charge in [-0.15, -0.1) is 0 Å². The maximum absolute atomic E-state index is 12.5. The van der Waals surface area contributed by atoms with Gasteiger partial charge in [0.25, 0.3) is 11.7 Å². The predicted molar refractivity (Wildman–Crippen MR) is 74.3 cm³/mol. The predicted octanol–water partition coefficient (Wildman–Crippen LogP) is 1.70. The van der Waals surface area contributed by atoms with E-state index in [-0.39, 0.29) is 34.2 Å². The molecule has 0 atom stereocenters. The van der Waals surface area contributed by atoms with Crippen LogP contribution in [0, 0.1) is 0 Å². The summed E-state index contributed by atoms with van der Waals surface area (Å²) in [6, 6.07) is 3.05. The molecule has 0 unspecified atom stereocenters. The van der Waals surface area contributed by atoms with Gasteiger partial charge in [0.1, 0.15) is 5.03 Å². The van der Waals surface area contributed by atoms with Crippen LogP contribution < -0.4 is 0 Å². The normalized spacial score (nSPS) is 15.4. The van der Waals surface area contributed by atoms with Crippen LogP contribution >= 0.6 is 11.8 Å². The number of rotatable bonds is 3. The van der Waals surface area contributed by atoms with E-state index in [1.54, 1.807) is 15.9 Å². The molecule has 2 amide bonds. The number of aromatic nitrogens is 1. The van der Waals surface area contributed by atoms with Crippen LogP contribution in [0.3, 0.4) is 0 Å². The fourth-order valence-corrected chi connectivity index (χ4v) is 2.70. The van der Waals surface area contributed by atoms with Gasteiger partial charge in [-0.05, 0) is 23.9 Å². The number of nitrogens with zero attached hydrogens (tertiary/aromatic N) is 3. The van der Waals surface area contributed by atoms with Crippen molar-refractivity contribution >= 4 is 23.6 Å². The Kier molecular flexibility index (Phi) is 5.11. The number of pyridine rings is 1. The number of hydrogen-bond donors (Lipinski definition) is 0. The number of thioether (sulfide) groups is 1. The van der Waals surface area contributed by atoms with E-state index in [0.717, 1.165) is 0 Å². The maximum Gasteiger partial charge on any atom is 0.290 e. The van der Waals surface area contributed by atoms with Crippen molar-refractivity contribution in [3.8, 4) is 0 Å². The Hall–Kier alpha value is -1.70. The third-order valence-corrected chi connectivity index (χ3v) is 3.94. The van der Waals surface area contributed by atoms with Crippen molar-refractivity contribution < 1.29 is 18.4 Å². The summed E-state index contributed by atoms with van der Waals surface area (Å²) in [7, 11) is 0. The second kappa shape index (κ2) is 6.84. The molecule has 0 aliphatic carbocycles. The molecule has 1 fully saturated rings. The minimum absolute atomic E-state index is 0.0302. The molecule has 5 nitrogen and oxygen atoms in total. The van der Waals surface area contributed by atoms with Gasteiger partial charge in [0.05, 0.1) is 5.56 Å². The smallest absolute Gasteiger partial charge is 0.290 e. The van der Waals surface area contributed by atoms with Gasteiger partial charge in [0.2, 0.25) is 5.91 Å². The third kappa shape index (κ3) is 3.90. The number of carbonyl (C=O) groups excluding carboxylic acids is 2. The molecular weight excluding hydrogens is 300 g/mol. The molecule has 0 saturated carbocycles. The highest BCUT2D eigenvalue weighted by Crippen LogP contribution is 2.27. The van der Waals surface area contributed by atoms with Gasteiger partial charge in [-0.2, -0.15) is 8.78 Å². The lowest BCUT2D eigenvalue weighted by atomic mass is 10.2. The molecule has 1 saturated heterocycles. The van der Waals surface area contributed by atoms with Gasteiger partial charge < -0.3 is 9.80 Å². The number of alkyl halides is 2. The summed E-state index contributed by atoms with van der Waals surface area (Å²) >= 11 is 0.266. The van der Waals surface area contributed by atoms with Crippen LogP contribution in [-0.4, -0.2) is 58.5 Å². The number of hydrogen-bond acceptors (Lipinski definition) is 4. The molecule has 1 aliphatic rings. The van der Waals surface area contributed by atoms with Crippen molar-refractivity contribution in [2.45, 2.75) is 17.7 Å². The lowest BCUT2D eigenvalue weighted by Gasteiger charge is -2.34. The maximum atomic E-state index is 12.5. The molecule has 114 valence electrons. The molecule has 0 radical (unpaired) electrons. The summed E-state index contributed by atoms with van der Waals surface area (Å²) in [5, 5.41) is 0.0338. The number of amides is 2. The first-order valence-corrected chi connectivity index (χ1v) is 7.31. The number of carbonyl (C=O) groups is 2. The second-order valence-corrected chi connectivity index (χ2v) is 5.51. The Labute approximate surface area is 125 Å². The van der Waals surface area contributed by atoms with Crippen molar-refractivity contribution in [1.29, 1.82) is 0 Å². The van der Waals surface area contributed by atoms with Gasteiger partial charge in [0.15, 0.2) is 0 Å². The van der Waals surface area contributed by atoms with Crippen LogP contribution in [0.15, 0.2) is 23.4 Å². The number of halogens is 2. The van der Waals surface area contributed by atoms with E-state index in [4.69, 9.17) is 0 Å². The quantitative estimate of drug-likeness (QED) is 0.797. The van der Waals surface area contributed by atoms with Crippen molar-refractivity contribution in [3.63, 3.8) is 0 Å². The summed E-state index contributed by atoms with van der Waals surface area (Å²) in [5.41, 5.74) is 0.180. The van der Waals surface area contributed by atoms with Crippen molar-refractivity contribution in [2.24, 2.45) is 0 Å². The molecule has 0 spiro atoms. The van der Waals surface area contributed by atoms with E-state index >= 15 is 0 Å². The van der Waals surface area contributed by atoms with Gasteiger partial charge in [-0.25, -0.2) is 4.98 Å². The highest BCUT2D eigenvalue weighted by Gasteiger charge is 2.25. The largest absolute Gasteiger partial charge is 0.339 e. The molecular formula is C13H15F2N3O2S. The molecule has 2 heterocycles. The average molecular weight is 315 g/mol. The Morgan fingerprint density at radius 3 is 2.43 bits per heavy atom. The Balaban J connectivity index is 2.09. The van der Waals surface area contributed by atoms with Gasteiger partial charge in [0, 0.05) is 39.3 Å². The molecule has 8 heteroatoms. The van der Waals surface area contributed by atoms with Crippen LogP contribution in [0.1, 0.15) is 17.3 Å². The third-order valence-electron chi connectivity index (χ3n) is 3.21. The van der Waals surface area contributed by atoms with Crippen LogP contribution in [0.4, 0.5) is 8.78 Å². The molecule has 0 bridgehead atoms. The SMILES string of the molecule is CC(=O)N1CCN(C(=O)c2cccnc2SC(F)F)CC1. The minimum Gasteiger partial charge on any atom is -0.339 e. The lowest BCUT2D eigenvalue weighted by Crippen LogP contribution is -2.50. The van der Waals surface area contributed by atoms with E-state index in [1.807, 2.05) is 0 Å². The zero-order valence-corrected chi connectivity index (χ0v) is 12.3. The molecule has 21 heavy (non-hydrogen) atoms. The first-order valence-electron chi connectivity index (χ1n) is 6.43. The highest BCUT2D eigenvalue weighted by molar-refractivity contribution is 7.99. The van der Waals surface area contributed by atoms with Crippen molar-refractivity contribution in [1.82, 2.24) is 14.8 Å². The fraction of sp³-hybridized carbons (Fsp3) is 0.462. The van der Waals surface area contributed by atoms with Crippen molar-refractivity contribution in [3.05, 3.63) is 23.9 Å². The second-order valence-electron chi connectivity index (χ2n) is 4.53. The Morgan fingerprint density at radius 2 is 1.86 bits per heavy atom. The summed E-state index contributed by atoms with van der Waals surface area (Å²) in [5.74, 6) is -2.98. The van der Waals surface area contributed by atoms with E-state index in [2.05, 4.69) is 4.98 Å². The molecule has 0 aromatic carbocycles. The topological polar surface area (TPSA) is 53.5 Å². The molecule has 1 aliphatic heterocycles. The Bertz CT molecular complexity index is 534. The van der Waals surface area contributed by atoms with Gasteiger partial charge >= 0.3 is 0 Å². The summed E-state index contributed by atoms with van der Waals surface area (Å²) in [6.45, 7) is 3.19. The number of piperazine rings is 1. The summed E-state index contributed by atoms with van der Waals surface area (Å²) in [6.07, 6.45) is 1.38. The van der Waals surface area contributed by atoms with Crippen molar-refractivity contribution in [2.75, 3.05) is 26.2 Å². The molecule has 0 N–H and O–H groups in total. The molecule has 1 aromatic heterocycles. The van der Waals surface area contributed by atoms with E-state index in [9.17, 15) is 18.4 Å². The van der Waals surface area contributed by atoms with E-state index in [0.29, 0.717) is 26.2 Å². The lowest BCUT2D eigenvalue weighted by molar-refractivity contribution is -0.130. The fourth-order valence-electron chi connectivity index (χ4n) is 2.13. The van der Waals surface area contributed by atoms with Crippen LogP contribution in [0.5, 0.6) is 0 Å². The zero-order chi connectivity index (χ0) is 15.4. The standard InChI is InChI=1S/C13H15F2N3O2S/c1-9(19)17-5-7-18(8-6-17)12(20)10-3-2-4-16-11(10)21-13(14)15/h2-4,13H,5-8H2,1H3. The highest BCUT2D eigenvalue weighted by atomic mass is 32.2. The summed E-state index contributed by atoms with van der Waals surface area (Å²) in [4.78, 5) is 30.7. The first-order chi connectivity index (χ1) is 9.99. The summed E-state index contributed by atoms with van der Waals surface area (Å²) < 4.78 is 25.0. The Morgan fingerprint density at radius 1 is 1.24 bits per heavy atom. The average Bonchev–Trinajstić information content (AvgIpc) is 2.46. The van der Waals surface area contributed by atoms with Crippen LogP contribution in [0.25, 0.3) is 0 Å². The minimum atomic E-state index is -2.62. The molecule has 1 aromatic rings. The van der Waals surface area contributed by atoms with Crippen LogP contribution in [0.2, 0.25) is 0 Å². The van der Waals surface area contributed by atoms with Crippen LogP contribution in [-0.2, 0) is 4.79 Å². The van der Waals surface area contributed by atoms with E-state index in [1.165, 1.54) is 19.2 Å². The van der Waals surface area contributed by atoms with Gasteiger partial charge in [-0.3, -0.25) is 9.59 Å². The van der Waals surface area contributed by atoms with E-state index < -0.39 is 5.76 Å². The zero-order valence-electron chi connectivity index (χ0n) is 11.5. The monoisotopic (exact) mass is 315 g/mol. The van der Waals surface area contributed by atoms with Gasteiger partial charge in [-0.1, -0.05) is 0 Å². The first kappa shape index (κ1) is 15.7.